The monoisotopic (exact) mass is 484 g/mol. The van der Waals surface area contributed by atoms with E-state index in [2.05, 4.69) is 5.32 Å². The Morgan fingerprint density at radius 1 is 1.13 bits per heavy atom. The number of hydrogen-bond acceptors (Lipinski definition) is 4. The van der Waals surface area contributed by atoms with Gasteiger partial charge < -0.3 is 10.1 Å². The zero-order valence-electron chi connectivity index (χ0n) is 15.9. The van der Waals surface area contributed by atoms with Gasteiger partial charge in [0.15, 0.2) is 0 Å². The minimum atomic E-state index is -4.72. The SMILES string of the molecule is COc1ccc(N([C@@H](C)C(=O)Nc2ccc(Cl)c(C(F)(F)F)c2)S(C)(=O)=O)cc1Cl. The third kappa shape index (κ3) is 5.50. The number of benzene rings is 2. The average molecular weight is 485 g/mol. The molecule has 0 saturated carbocycles. The van der Waals surface area contributed by atoms with Gasteiger partial charge in [0, 0.05) is 5.69 Å². The molecule has 12 heteroatoms. The highest BCUT2D eigenvalue weighted by Gasteiger charge is 2.34. The molecule has 0 saturated heterocycles. The lowest BCUT2D eigenvalue weighted by atomic mass is 10.2. The van der Waals surface area contributed by atoms with Crippen LogP contribution in [0.3, 0.4) is 0 Å². The molecule has 2 rings (SSSR count). The second-order valence-corrected chi connectivity index (χ2v) is 8.91. The molecule has 0 aliphatic rings. The minimum Gasteiger partial charge on any atom is -0.495 e. The number of methoxy groups -OCH3 is 1. The maximum Gasteiger partial charge on any atom is 0.417 e. The Kier molecular flexibility index (Phi) is 7.16. The first-order chi connectivity index (χ1) is 13.8. The van der Waals surface area contributed by atoms with Gasteiger partial charge in [-0.1, -0.05) is 23.2 Å². The summed E-state index contributed by atoms with van der Waals surface area (Å²) in [5.41, 5.74) is -1.24. The highest BCUT2D eigenvalue weighted by atomic mass is 35.5. The van der Waals surface area contributed by atoms with E-state index < -0.39 is 38.7 Å². The van der Waals surface area contributed by atoms with Crippen LogP contribution < -0.4 is 14.4 Å². The van der Waals surface area contributed by atoms with Gasteiger partial charge in [0.1, 0.15) is 11.8 Å². The summed E-state index contributed by atoms with van der Waals surface area (Å²) in [6.45, 7) is 1.29. The number of nitrogens with one attached hydrogen (secondary N) is 1. The molecule has 0 unspecified atom stereocenters. The lowest BCUT2D eigenvalue weighted by Crippen LogP contribution is -2.45. The first-order valence-electron chi connectivity index (χ1n) is 8.26. The molecular formula is C18H17Cl2F3N2O4S. The summed E-state index contributed by atoms with van der Waals surface area (Å²) in [4.78, 5) is 12.6. The molecule has 0 aliphatic heterocycles. The Bertz CT molecular complexity index is 1060. The largest absolute Gasteiger partial charge is 0.495 e. The Balaban J connectivity index is 2.37. The second-order valence-electron chi connectivity index (χ2n) is 6.24. The van der Waals surface area contributed by atoms with E-state index in [4.69, 9.17) is 27.9 Å². The van der Waals surface area contributed by atoms with Crippen molar-refractivity contribution in [1.82, 2.24) is 0 Å². The molecule has 1 amide bonds. The number of ether oxygens (including phenoxy) is 1. The number of halogens is 5. The highest BCUT2D eigenvalue weighted by molar-refractivity contribution is 7.92. The van der Waals surface area contributed by atoms with Crippen LogP contribution in [0, 0.1) is 0 Å². The Morgan fingerprint density at radius 2 is 1.77 bits per heavy atom. The van der Waals surface area contributed by atoms with Crippen molar-refractivity contribution in [1.29, 1.82) is 0 Å². The number of alkyl halides is 3. The second kappa shape index (κ2) is 8.91. The smallest absolute Gasteiger partial charge is 0.417 e. The van der Waals surface area contributed by atoms with Crippen LogP contribution in [0.5, 0.6) is 5.75 Å². The molecule has 164 valence electrons. The first-order valence-corrected chi connectivity index (χ1v) is 10.9. The lowest BCUT2D eigenvalue weighted by Gasteiger charge is -2.28. The van der Waals surface area contributed by atoms with Crippen molar-refractivity contribution in [3.05, 3.63) is 52.0 Å². The van der Waals surface area contributed by atoms with Crippen LogP contribution in [0.25, 0.3) is 0 Å². The predicted molar refractivity (Wildman–Crippen MR) is 110 cm³/mol. The van der Waals surface area contributed by atoms with Crippen LogP contribution in [0.2, 0.25) is 10.0 Å². The molecule has 0 aromatic heterocycles. The van der Waals surface area contributed by atoms with Crippen molar-refractivity contribution in [2.24, 2.45) is 0 Å². The van der Waals surface area contributed by atoms with Crippen molar-refractivity contribution in [2.75, 3.05) is 23.0 Å². The van der Waals surface area contributed by atoms with Crippen molar-refractivity contribution in [3.8, 4) is 5.75 Å². The molecule has 30 heavy (non-hydrogen) atoms. The number of anilines is 2. The van der Waals surface area contributed by atoms with Crippen LogP contribution in [0.1, 0.15) is 12.5 Å². The molecule has 0 heterocycles. The summed E-state index contributed by atoms with van der Waals surface area (Å²) < 4.78 is 69.6. The van der Waals surface area contributed by atoms with Gasteiger partial charge in [-0.05, 0) is 43.3 Å². The molecule has 0 radical (unpaired) electrons. The van der Waals surface area contributed by atoms with E-state index in [1.54, 1.807) is 0 Å². The van der Waals surface area contributed by atoms with Gasteiger partial charge in [-0.15, -0.1) is 0 Å². The molecule has 6 nitrogen and oxygen atoms in total. The third-order valence-corrected chi connectivity index (χ3v) is 5.88. The molecule has 0 fully saturated rings. The number of nitrogens with zero attached hydrogens (tertiary/aromatic N) is 1. The summed E-state index contributed by atoms with van der Waals surface area (Å²) in [6.07, 6.45) is -3.83. The van der Waals surface area contributed by atoms with Crippen LogP contribution in [-0.4, -0.2) is 33.7 Å². The average Bonchev–Trinajstić information content (AvgIpc) is 2.61. The van der Waals surface area contributed by atoms with Crippen LogP contribution >= 0.6 is 23.2 Å². The fraction of sp³-hybridized carbons (Fsp3) is 0.278. The normalized spacial score (nSPS) is 12.9. The van der Waals surface area contributed by atoms with E-state index in [-0.39, 0.29) is 16.4 Å². The van der Waals surface area contributed by atoms with Gasteiger partial charge in [-0.3, -0.25) is 9.10 Å². The van der Waals surface area contributed by atoms with Crippen molar-refractivity contribution in [2.45, 2.75) is 19.1 Å². The minimum absolute atomic E-state index is 0.0815. The zero-order valence-corrected chi connectivity index (χ0v) is 18.2. The van der Waals surface area contributed by atoms with E-state index in [0.717, 1.165) is 16.6 Å². The van der Waals surface area contributed by atoms with Gasteiger partial charge in [-0.2, -0.15) is 13.2 Å². The first kappa shape index (κ1) is 24.1. The molecule has 1 N–H and O–H groups in total. The fourth-order valence-corrected chi connectivity index (χ4v) is 4.31. The topological polar surface area (TPSA) is 75.7 Å². The lowest BCUT2D eigenvalue weighted by molar-refractivity contribution is -0.137. The molecule has 2 aromatic carbocycles. The van der Waals surface area contributed by atoms with Gasteiger partial charge >= 0.3 is 6.18 Å². The van der Waals surface area contributed by atoms with E-state index in [1.165, 1.54) is 38.3 Å². The van der Waals surface area contributed by atoms with Crippen LogP contribution in [0.15, 0.2) is 36.4 Å². The number of amides is 1. The molecule has 0 spiro atoms. The highest BCUT2D eigenvalue weighted by Crippen LogP contribution is 2.36. The van der Waals surface area contributed by atoms with Crippen molar-refractivity contribution >= 4 is 50.5 Å². The van der Waals surface area contributed by atoms with Gasteiger partial charge in [0.25, 0.3) is 0 Å². The molecule has 2 aromatic rings. The van der Waals surface area contributed by atoms with Gasteiger partial charge in [0.2, 0.25) is 15.9 Å². The number of rotatable bonds is 6. The van der Waals surface area contributed by atoms with Gasteiger partial charge in [0.05, 0.1) is 34.7 Å². The molecule has 0 bridgehead atoms. The Morgan fingerprint density at radius 3 is 2.27 bits per heavy atom. The van der Waals surface area contributed by atoms with Crippen molar-refractivity contribution < 1.29 is 31.1 Å². The zero-order chi connectivity index (χ0) is 22.9. The number of hydrogen-bond donors (Lipinski definition) is 1. The molecular weight excluding hydrogens is 468 g/mol. The van der Waals surface area contributed by atoms with Gasteiger partial charge in [-0.25, -0.2) is 8.42 Å². The van der Waals surface area contributed by atoms with Crippen LogP contribution in [-0.2, 0) is 21.0 Å². The van der Waals surface area contributed by atoms with Crippen LogP contribution in [0.4, 0.5) is 24.5 Å². The maximum absolute atomic E-state index is 13.0. The quantitative estimate of drug-likeness (QED) is 0.637. The summed E-state index contributed by atoms with van der Waals surface area (Å²) in [6, 6.07) is 5.64. The molecule has 1 atom stereocenters. The predicted octanol–water partition coefficient (Wildman–Crippen LogP) is 4.81. The number of sulfonamides is 1. The Hall–Kier alpha value is -2.17. The molecule has 0 aliphatic carbocycles. The summed E-state index contributed by atoms with van der Waals surface area (Å²) in [7, 11) is -2.58. The number of carbonyl (C=O) groups excluding carboxylic acids is 1. The van der Waals surface area contributed by atoms with E-state index in [9.17, 15) is 26.4 Å². The Labute approximate surface area is 181 Å². The number of carbonyl (C=O) groups is 1. The van der Waals surface area contributed by atoms with E-state index in [1.807, 2.05) is 0 Å². The van der Waals surface area contributed by atoms with Crippen molar-refractivity contribution in [3.63, 3.8) is 0 Å². The van der Waals surface area contributed by atoms with E-state index in [0.29, 0.717) is 11.8 Å². The summed E-state index contributed by atoms with van der Waals surface area (Å²) in [5.74, 6) is -0.561. The maximum atomic E-state index is 13.0. The summed E-state index contributed by atoms with van der Waals surface area (Å²) >= 11 is 11.6. The van der Waals surface area contributed by atoms with E-state index >= 15 is 0 Å². The fourth-order valence-electron chi connectivity index (χ4n) is 2.67. The summed E-state index contributed by atoms with van der Waals surface area (Å²) in [5, 5.41) is 1.87. The third-order valence-electron chi connectivity index (χ3n) is 4.02. The standard InChI is InChI=1S/C18H17Cl2F3N2O4S/c1-10(17(26)24-11-4-6-14(19)13(8-11)18(21,22)23)25(30(3,27)28)12-5-7-16(29-2)15(20)9-12/h4-10H,1-3H3,(H,24,26)/t10-/m0/s1.